The summed E-state index contributed by atoms with van der Waals surface area (Å²) in [6, 6.07) is 0. The predicted molar refractivity (Wildman–Crippen MR) is 54.7 cm³/mol. The fraction of sp³-hybridized carbons (Fsp3) is 0.556. The van der Waals surface area contributed by atoms with E-state index in [-0.39, 0.29) is 5.92 Å². The highest BCUT2D eigenvalue weighted by Crippen LogP contribution is 2.24. The van der Waals surface area contributed by atoms with Gasteiger partial charge in [-0.2, -0.15) is 0 Å². The zero-order valence-corrected chi connectivity index (χ0v) is 8.54. The summed E-state index contributed by atoms with van der Waals surface area (Å²) < 4.78 is 0. The van der Waals surface area contributed by atoms with Gasteiger partial charge in [0, 0.05) is 24.7 Å². The summed E-state index contributed by atoms with van der Waals surface area (Å²) in [4.78, 5) is 17.1. The minimum atomic E-state index is -0.689. The van der Waals surface area contributed by atoms with Gasteiger partial charge in [0.2, 0.25) is 0 Å². The summed E-state index contributed by atoms with van der Waals surface area (Å²) in [5, 5.41) is 11.8. The Morgan fingerprint density at radius 3 is 3.21 bits per heavy atom. The lowest BCUT2D eigenvalue weighted by atomic mass is 9.99. The third-order valence-corrected chi connectivity index (χ3v) is 3.29. The van der Waals surface area contributed by atoms with Crippen molar-refractivity contribution in [3.8, 4) is 0 Å². The standard InChI is InChI=1S/C9H12N2O2S/c12-8(13)7-2-1-4-11(6-7)9-10-3-5-14-9/h3,5,7H,1-2,4,6H2,(H,12,13). The smallest absolute Gasteiger partial charge is 0.308 e. The Kier molecular flexibility index (Phi) is 2.67. The molecule has 1 N–H and O–H groups in total. The van der Waals surface area contributed by atoms with Crippen molar-refractivity contribution >= 4 is 22.4 Å². The normalized spacial score (nSPS) is 22.3. The average Bonchev–Trinajstić information content (AvgIpc) is 2.71. The minimum absolute atomic E-state index is 0.229. The molecule has 76 valence electrons. The van der Waals surface area contributed by atoms with E-state index in [1.807, 2.05) is 5.38 Å². The fourth-order valence-electron chi connectivity index (χ4n) is 1.72. The highest BCUT2D eigenvalue weighted by molar-refractivity contribution is 7.13. The second-order valence-corrected chi connectivity index (χ2v) is 4.31. The maximum Gasteiger partial charge on any atom is 0.308 e. The molecule has 0 saturated carbocycles. The molecule has 0 aromatic carbocycles. The molecule has 1 fully saturated rings. The Morgan fingerprint density at radius 2 is 2.57 bits per heavy atom. The van der Waals surface area contributed by atoms with Crippen molar-refractivity contribution in [1.82, 2.24) is 4.98 Å². The summed E-state index contributed by atoms with van der Waals surface area (Å²) in [7, 11) is 0. The Bertz CT molecular complexity index is 313. The summed E-state index contributed by atoms with van der Waals surface area (Å²) in [5.74, 6) is -0.918. The van der Waals surface area contributed by atoms with Crippen LogP contribution in [-0.4, -0.2) is 29.1 Å². The lowest BCUT2D eigenvalue weighted by molar-refractivity contribution is -0.141. The van der Waals surface area contributed by atoms with Crippen LogP contribution >= 0.6 is 11.3 Å². The molecular weight excluding hydrogens is 200 g/mol. The van der Waals surface area contributed by atoms with Crippen molar-refractivity contribution in [1.29, 1.82) is 0 Å². The molecule has 1 aliphatic rings. The number of anilines is 1. The van der Waals surface area contributed by atoms with Gasteiger partial charge in [0.25, 0.3) is 0 Å². The third kappa shape index (κ3) is 1.87. The van der Waals surface area contributed by atoms with E-state index >= 15 is 0 Å². The second kappa shape index (κ2) is 3.96. The maximum atomic E-state index is 10.8. The van der Waals surface area contributed by atoms with Crippen LogP contribution in [0, 0.1) is 5.92 Å². The first-order chi connectivity index (χ1) is 6.77. The van der Waals surface area contributed by atoms with Crippen molar-refractivity contribution in [2.24, 2.45) is 5.92 Å². The second-order valence-electron chi connectivity index (χ2n) is 3.44. The average molecular weight is 212 g/mol. The van der Waals surface area contributed by atoms with Gasteiger partial charge in [-0.3, -0.25) is 4.79 Å². The number of hydrogen-bond acceptors (Lipinski definition) is 4. The summed E-state index contributed by atoms with van der Waals surface area (Å²) in [6.45, 7) is 1.53. The van der Waals surface area contributed by atoms with Gasteiger partial charge in [-0.25, -0.2) is 4.98 Å². The first-order valence-corrected chi connectivity index (χ1v) is 5.52. The van der Waals surface area contributed by atoms with Crippen molar-refractivity contribution in [3.63, 3.8) is 0 Å². The Balaban J connectivity index is 2.04. The molecule has 0 bridgehead atoms. The number of carboxylic acids is 1. The van der Waals surface area contributed by atoms with E-state index in [2.05, 4.69) is 9.88 Å². The van der Waals surface area contributed by atoms with Crippen LogP contribution in [-0.2, 0) is 4.79 Å². The van der Waals surface area contributed by atoms with E-state index in [9.17, 15) is 4.79 Å². The molecule has 1 unspecified atom stereocenters. The molecule has 1 aromatic rings. The molecule has 0 radical (unpaired) electrons. The number of rotatable bonds is 2. The van der Waals surface area contributed by atoms with Crippen LogP contribution in [0.15, 0.2) is 11.6 Å². The van der Waals surface area contributed by atoms with Gasteiger partial charge >= 0.3 is 5.97 Å². The summed E-state index contributed by atoms with van der Waals surface area (Å²) in [6.07, 6.45) is 3.48. The van der Waals surface area contributed by atoms with Crippen molar-refractivity contribution in [2.75, 3.05) is 18.0 Å². The van der Waals surface area contributed by atoms with Gasteiger partial charge in [-0.15, -0.1) is 11.3 Å². The van der Waals surface area contributed by atoms with Gasteiger partial charge in [-0.1, -0.05) is 0 Å². The lowest BCUT2D eigenvalue weighted by Crippen LogP contribution is -2.38. The van der Waals surface area contributed by atoms with Crippen LogP contribution in [0.2, 0.25) is 0 Å². The van der Waals surface area contributed by atoms with Crippen LogP contribution < -0.4 is 4.90 Å². The minimum Gasteiger partial charge on any atom is -0.481 e. The van der Waals surface area contributed by atoms with Gasteiger partial charge in [0.1, 0.15) is 0 Å². The first kappa shape index (κ1) is 9.45. The molecule has 0 amide bonds. The van der Waals surface area contributed by atoms with E-state index in [4.69, 9.17) is 5.11 Å². The molecule has 4 nitrogen and oxygen atoms in total. The molecule has 1 saturated heterocycles. The highest BCUT2D eigenvalue weighted by Gasteiger charge is 2.26. The SMILES string of the molecule is O=C(O)C1CCCN(c2nccs2)C1. The van der Waals surface area contributed by atoms with Crippen LogP contribution in [0.4, 0.5) is 5.13 Å². The molecule has 2 heterocycles. The Hall–Kier alpha value is -1.10. The van der Waals surface area contributed by atoms with Gasteiger partial charge in [0.05, 0.1) is 5.92 Å². The van der Waals surface area contributed by atoms with Crippen LogP contribution in [0.1, 0.15) is 12.8 Å². The van der Waals surface area contributed by atoms with Crippen molar-refractivity contribution < 1.29 is 9.90 Å². The molecule has 1 atom stereocenters. The van der Waals surface area contributed by atoms with Gasteiger partial charge < -0.3 is 10.0 Å². The van der Waals surface area contributed by atoms with Gasteiger partial charge in [-0.05, 0) is 12.8 Å². The third-order valence-electron chi connectivity index (χ3n) is 2.46. The maximum absolute atomic E-state index is 10.8. The van der Waals surface area contributed by atoms with Crippen LogP contribution in [0.5, 0.6) is 0 Å². The Labute approximate surface area is 86.2 Å². The molecule has 5 heteroatoms. The number of carbonyl (C=O) groups is 1. The van der Waals surface area contributed by atoms with E-state index in [1.54, 1.807) is 17.5 Å². The molecule has 1 aromatic heterocycles. The largest absolute Gasteiger partial charge is 0.481 e. The lowest BCUT2D eigenvalue weighted by Gasteiger charge is -2.30. The number of hydrogen-bond donors (Lipinski definition) is 1. The quantitative estimate of drug-likeness (QED) is 0.806. The Morgan fingerprint density at radius 1 is 1.71 bits per heavy atom. The highest BCUT2D eigenvalue weighted by atomic mass is 32.1. The first-order valence-electron chi connectivity index (χ1n) is 4.64. The fourth-order valence-corrected chi connectivity index (χ4v) is 2.40. The molecular formula is C9H12N2O2S. The molecule has 14 heavy (non-hydrogen) atoms. The van der Waals surface area contributed by atoms with E-state index in [1.165, 1.54) is 0 Å². The van der Waals surface area contributed by atoms with Gasteiger partial charge in [0.15, 0.2) is 5.13 Å². The monoisotopic (exact) mass is 212 g/mol. The number of aromatic nitrogens is 1. The number of nitrogens with zero attached hydrogens (tertiary/aromatic N) is 2. The molecule has 0 aliphatic carbocycles. The molecule has 2 rings (SSSR count). The molecule has 0 spiro atoms. The van der Waals surface area contributed by atoms with E-state index in [0.717, 1.165) is 24.5 Å². The van der Waals surface area contributed by atoms with E-state index < -0.39 is 5.97 Å². The zero-order chi connectivity index (χ0) is 9.97. The number of piperidine rings is 1. The van der Waals surface area contributed by atoms with Crippen LogP contribution in [0.25, 0.3) is 0 Å². The number of aliphatic carboxylic acids is 1. The topological polar surface area (TPSA) is 53.4 Å². The zero-order valence-electron chi connectivity index (χ0n) is 7.72. The summed E-state index contributed by atoms with van der Waals surface area (Å²) >= 11 is 1.57. The van der Waals surface area contributed by atoms with Crippen molar-refractivity contribution in [2.45, 2.75) is 12.8 Å². The summed E-state index contributed by atoms with van der Waals surface area (Å²) in [5.41, 5.74) is 0. The predicted octanol–water partition coefficient (Wildman–Crippen LogP) is 1.44. The number of carboxylic acid groups (broad SMARTS) is 1. The van der Waals surface area contributed by atoms with Crippen LogP contribution in [0.3, 0.4) is 0 Å². The number of thiazole rings is 1. The van der Waals surface area contributed by atoms with Crippen molar-refractivity contribution in [3.05, 3.63) is 11.6 Å². The molecule has 1 aliphatic heterocycles. The van der Waals surface area contributed by atoms with E-state index in [0.29, 0.717) is 6.54 Å².